The third-order valence-electron chi connectivity index (χ3n) is 6.82. The highest BCUT2D eigenvalue weighted by Gasteiger charge is 2.27. The fourth-order valence-electron chi connectivity index (χ4n) is 4.75. The number of nitrogens with zero attached hydrogens (tertiary/aromatic N) is 2. The molecule has 0 bridgehead atoms. The Morgan fingerprint density at radius 2 is 1.85 bits per heavy atom. The predicted molar refractivity (Wildman–Crippen MR) is 159 cm³/mol. The van der Waals surface area contributed by atoms with Gasteiger partial charge in [0, 0.05) is 34.8 Å². The van der Waals surface area contributed by atoms with E-state index in [0.717, 1.165) is 64.0 Å². The summed E-state index contributed by atoms with van der Waals surface area (Å²) in [5, 5.41) is 4.71. The fourth-order valence-corrected chi connectivity index (χ4v) is 8.19. The predicted octanol–water partition coefficient (Wildman–Crippen LogP) is 6.60. The fraction of sp³-hybridized carbons (Fsp3) is 0.172. The minimum absolute atomic E-state index is 0.0745. The van der Waals surface area contributed by atoms with Crippen LogP contribution in [0.4, 0.5) is 15.1 Å². The molecule has 2 aromatic heterocycles. The molecule has 0 atom stereocenters. The van der Waals surface area contributed by atoms with Crippen molar-refractivity contribution in [1.82, 2.24) is 9.88 Å². The molecule has 0 saturated heterocycles. The van der Waals surface area contributed by atoms with Crippen molar-refractivity contribution in [3.8, 4) is 10.6 Å². The summed E-state index contributed by atoms with van der Waals surface area (Å²) >= 11 is 3.18. The summed E-state index contributed by atoms with van der Waals surface area (Å²) < 4.78 is 42.4. The van der Waals surface area contributed by atoms with Gasteiger partial charge < -0.3 is 5.32 Å². The van der Waals surface area contributed by atoms with Crippen molar-refractivity contribution in [3.05, 3.63) is 94.6 Å². The van der Waals surface area contributed by atoms with Crippen LogP contribution in [0.5, 0.6) is 0 Å². The Morgan fingerprint density at radius 3 is 2.62 bits per heavy atom. The molecule has 0 aliphatic carbocycles. The largest absolute Gasteiger partial charge is 0.313 e. The van der Waals surface area contributed by atoms with Crippen LogP contribution < -0.4 is 10.0 Å². The number of anilines is 2. The van der Waals surface area contributed by atoms with E-state index in [2.05, 4.69) is 21.9 Å². The van der Waals surface area contributed by atoms with Crippen LogP contribution in [-0.4, -0.2) is 37.3 Å². The number of nitrogens with one attached hydrogen (secondary N) is 2. The number of carbonyl (C=O) groups excluding carboxylic acids is 1. The lowest BCUT2D eigenvalue weighted by atomic mass is 10.0. The number of likely N-dealkylation sites (N-methyl/N-ethyl adjacent to an activating group) is 1. The number of thiazole rings is 1. The lowest BCUT2D eigenvalue weighted by molar-refractivity contribution is 0.102. The average molecular weight is 593 g/mol. The molecule has 0 spiro atoms. The van der Waals surface area contributed by atoms with Crippen molar-refractivity contribution in [2.45, 2.75) is 24.8 Å². The number of benzene rings is 3. The molecule has 11 heteroatoms. The van der Waals surface area contributed by atoms with Gasteiger partial charge in [-0.3, -0.25) is 14.4 Å². The lowest BCUT2D eigenvalue weighted by Gasteiger charge is -2.25. The number of carbonyl (C=O) groups is 1. The third-order valence-corrected chi connectivity index (χ3v) is 10.4. The van der Waals surface area contributed by atoms with Crippen LogP contribution in [0, 0.1) is 5.82 Å². The summed E-state index contributed by atoms with van der Waals surface area (Å²) in [6.07, 6.45) is 0.876. The van der Waals surface area contributed by atoms with Crippen molar-refractivity contribution in [1.29, 1.82) is 0 Å². The van der Waals surface area contributed by atoms with Crippen molar-refractivity contribution >= 4 is 59.5 Å². The van der Waals surface area contributed by atoms with Gasteiger partial charge in [0.1, 0.15) is 15.8 Å². The number of hydrogen-bond donors (Lipinski definition) is 2. The lowest BCUT2D eigenvalue weighted by Crippen LogP contribution is -2.29. The Morgan fingerprint density at radius 1 is 1.05 bits per heavy atom. The molecule has 3 aromatic carbocycles. The van der Waals surface area contributed by atoms with Crippen LogP contribution in [0.3, 0.4) is 0 Å². The molecular weight excluding hydrogens is 568 g/mol. The van der Waals surface area contributed by atoms with E-state index >= 15 is 0 Å². The Hall–Kier alpha value is -3.64. The number of rotatable bonds is 7. The molecule has 1 aliphatic heterocycles. The van der Waals surface area contributed by atoms with Crippen LogP contribution in [0.1, 0.15) is 27.7 Å². The number of halogens is 1. The van der Waals surface area contributed by atoms with E-state index in [1.165, 1.54) is 28.6 Å². The highest BCUT2D eigenvalue weighted by Crippen LogP contribution is 2.45. The molecule has 0 saturated carbocycles. The van der Waals surface area contributed by atoms with Crippen LogP contribution in [0.2, 0.25) is 0 Å². The van der Waals surface area contributed by atoms with Gasteiger partial charge in [-0.15, -0.1) is 22.7 Å². The van der Waals surface area contributed by atoms with Gasteiger partial charge in [-0.1, -0.05) is 25.1 Å². The normalized spacial score (nSPS) is 13.8. The van der Waals surface area contributed by atoms with Crippen LogP contribution in [0.15, 0.2) is 77.7 Å². The summed E-state index contributed by atoms with van der Waals surface area (Å²) in [7, 11) is -3.95. The van der Waals surface area contributed by atoms with Crippen molar-refractivity contribution in [2.24, 2.45) is 0 Å². The first-order valence-corrected chi connectivity index (χ1v) is 15.8. The molecule has 40 heavy (non-hydrogen) atoms. The zero-order valence-corrected chi connectivity index (χ0v) is 23.9. The molecular formula is C29H25FN4O3S3. The Labute approximate surface area is 239 Å². The van der Waals surface area contributed by atoms with Gasteiger partial charge in [0.05, 0.1) is 15.1 Å². The summed E-state index contributed by atoms with van der Waals surface area (Å²) in [5.74, 6) is -0.878. The summed E-state index contributed by atoms with van der Waals surface area (Å²) in [5.41, 5.74) is 3.65. The number of fused-ring (bicyclic) bond motifs is 2. The molecule has 7 nitrogen and oxygen atoms in total. The first kappa shape index (κ1) is 26.6. The van der Waals surface area contributed by atoms with Crippen LogP contribution in [-0.2, 0) is 23.0 Å². The second-order valence-corrected chi connectivity index (χ2v) is 13.2. The Balaban J connectivity index is 1.31. The van der Waals surface area contributed by atoms with Gasteiger partial charge in [-0.2, -0.15) is 0 Å². The van der Waals surface area contributed by atoms with Crippen LogP contribution >= 0.6 is 22.7 Å². The topological polar surface area (TPSA) is 91.4 Å². The van der Waals surface area contributed by atoms with E-state index in [1.54, 1.807) is 40.9 Å². The van der Waals surface area contributed by atoms with Gasteiger partial charge in [-0.25, -0.2) is 17.8 Å². The third kappa shape index (κ3) is 5.25. The van der Waals surface area contributed by atoms with E-state index in [4.69, 9.17) is 4.98 Å². The number of sulfonamides is 1. The quantitative estimate of drug-likeness (QED) is 0.222. The van der Waals surface area contributed by atoms with Crippen molar-refractivity contribution in [3.63, 3.8) is 0 Å². The molecule has 5 aromatic rings. The zero-order chi connectivity index (χ0) is 27.9. The molecule has 2 N–H and O–H groups in total. The molecule has 3 heterocycles. The zero-order valence-electron chi connectivity index (χ0n) is 21.5. The van der Waals surface area contributed by atoms with Gasteiger partial charge >= 0.3 is 0 Å². The van der Waals surface area contributed by atoms with Gasteiger partial charge in [0.25, 0.3) is 15.9 Å². The highest BCUT2D eigenvalue weighted by atomic mass is 32.2. The van der Waals surface area contributed by atoms with E-state index < -0.39 is 15.8 Å². The maximum Gasteiger partial charge on any atom is 0.261 e. The number of hydrogen-bond acceptors (Lipinski definition) is 7. The summed E-state index contributed by atoms with van der Waals surface area (Å²) in [6.45, 7) is 4.87. The molecule has 6 rings (SSSR count). The number of thiophene rings is 1. The van der Waals surface area contributed by atoms with Gasteiger partial charge in [0.15, 0.2) is 0 Å². The van der Waals surface area contributed by atoms with E-state index in [1.807, 2.05) is 24.3 Å². The average Bonchev–Trinajstić information content (AvgIpc) is 3.53. The standard InChI is InChI=1S/C29H25FN4O3S3/c1-2-34-15-14-22-25(17-34)39-29(26(22)28-31-23-8-3-4-9-24(23)38-28)32-27(35)18-6-5-7-20(16-18)33-40(36,37)21-12-10-19(30)11-13-21/h3-13,16,33H,2,14-15,17H2,1H3,(H,32,35). The first-order chi connectivity index (χ1) is 19.3. The molecule has 1 amide bonds. The minimum Gasteiger partial charge on any atom is -0.313 e. The first-order valence-electron chi connectivity index (χ1n) is 12.7. The van der Waals surface area contributed by atoms with Crippen molar-refractivity contribution in [2.75, 3.05) is 23.1 Å². The summed E-state index contributed by atoms with van der Waals surface area (Å²) in [4.78, 5) is 21.9. The van der Waals surface area contributed by atoms with Gasteiger partial charge in [-0.05, 0) is 73.1 Å². The molecule has 0 radical (unpaired) electrons. The van der Waals surface area contributed by atoms with Gasteiger partial charge in [0.2, 0.25) is 0 Å². The maximum atomic E-state index is 13.5. The maximum absolute atomic E-state index is 13.5. The number of aromatic nitrogens is 1. The molecule has 0 fully saturated rings. The smallest absolute Gasteiger partial charge is 0.261 e. The second kappa shape index (κ2) is 10.7. The number of para-hydroxylation sites is 1. The van der Waals surface area contributed by atoms with E-state index in [-0.39, 0.29) is 16.5 Å². The van der Waals surface area contributed by atoms with E-state index in [0.29, 0.717) is 5.56 Å². The number of amides is 1. The Bertz CT molecular complexity index is 1800. The second-order valence-electron chi connectivity index (χ2n) is 9.41. The Kier molecular flexibility index (Phi) is 7.13. The monoisotopic (exact) mass is 592 g/mol. The molecule has 204 valence electrons. The van der Waals surface area contributed by atoms with E-state index in [9.17, 15) is 17.6 Å². The summed E-state index contributed by atoms with van der Waals surface area (Å²) in [6, 6.07) is 18.8. The SMILES string of the molecule is CCN1CCc2c(sc(NC(=O)c3cccc(NS(=O)(=O)c4ccc(F)cc4)c3)c2-c2nc3ccccc3s2)C1. The molecule has 0 unspecified atom stereocenters. The highest BCUT2D eigenvalue weighted by molar-refractivity contribution is 7.92. The van der Waals surface area contributed by atoms with Crippen LogP contribution in [0.25, 0.3) is 20.8 Å². The minimum atomic E-state index is -3.95. The van der Waals surface area contributed by atoms with Crippen molar-refractivity contribution < 1.29 is 17.6 Å². The molecule has 1 aliphatic rings.